The molecule has 5 heteroatoms. The minimum atomic E-state index is -0.229. The molecule has 0 spiro atoms. The average Bonchev–Trinajstić information content (AvgIpc) is 3.10. The molecule has 2 bridgehead atoms. The average molecular weight is 258 g/mol. The van der Waals surface area contributed by atoms with E-state index in [0.29, 0.717) is 6.54 Å². The number of carbonyl (C=O) groups excluding carboxylic acids is 2. The number of likely N-dealkylation sites (tertiary alicyclic amines) is 1. The zero-order valence-corrected chi connectivity index (χ0v) is 10.4. The molecule has 1 aromatic rings. The highest BCUT2D eigenvalue weighted by Gasteiger charge is 2.62. The van der Waals surface area contributed by atoms with Crippen LogP contribution in [0, 0.1) is 11.8 Å². The number of rotatable bonds is 2. The number of fused-ring (bicyclic) bond motifs is 5. The SMILES string of the molecule is O=C1[C@@H]2[C@@H](C(=O)N1Cc1ccncc1)[C@H]1CC[C@@H]2O1. The maximum Gasteiger partial charge on any atom is 0.236 e. The summed E-state index contributed by atoms with van der Waals surface area (Å²) in [6.45, 7) is 0.354. The molecule has 0 saturated carbocycles. The summed E-state index contributed by atoms with van der Waals surface area (Å²) in [7, 11) is 0. The molecule has 4 atom stereocenters. The van der Waals surface area contributed by atoms with Crippen molar-refractivity contribution in [1.29, 1.82) is 0 Å². The number of amides is 2. The van der Waals surface area contributed by atoms with Gasteiger partial charge in [-0.25, -0.2) is 0 Å². The van der Waals surface area contributed by atoms with E-state index in [1.165, 1.54) is 4.90 Å². The Morgan fingerprint density at radius 1 is 1.11 bits per heavy atom. The van der Waals surface area contributed by atoms with Crippen molar-refractivity contribution in [3.63, 3.8) is 0 Å². The summed E-state index contributed by atoms with van der Waals surface area (Å²) in [5, 5.41) is 0. The highest BCUT2D eigenvalue weighted by molar-refractivity contribution is 6.06. The molecule has 4 heterocycles. The summed E-state index contributed by atoms with van der Waals surface area (Å²) in [6.07, 6.45) is 5.10. The molecule has 3 saturated heterocycles. The smallest absolute Gasteiger partial charge is 0.236 e. The summed E-state index contributed by atoms with van der Waals surface area (Å²) >= 11 is 0. The van der Waals surface area contributed by atoms with Crippen molar-refractivity contribution < 1.29 is 14.3 Å². The maximum atomic E-state index is 12.4. The summed E-state index contributed by atoms with van der Waals surface area (Å²) in [5.41, 5.74) is 0.935. The molecule has 3 fully saturated rings. The minimum Gasteiger partial charge on any atom is -0.373 e. The van der Waals surface area contributed by atoms with Crippen molar-refractivity contribution in [2.24, 2.45) is 11.8 Å². The van der Waals surface area contributed by atoms with Crippen LogP contribution < -0.4 is 0 Å². The lowest BCUT2D eigenvalue weighted by Crippen LogP contribution is -2.33. The van der Waals surface area contributed by atoms with Gasteiger partial charge in [-0.1, -0.05) is 0 Å². The molecule has 0 aromatic carbocycles. The van der Waals surface area contributed by atoms with Crippen molar-refractivity contribution in [3.05, 3.63) is 30.1 Å². The number of aromatic nitrogens is 1. The normalized spacial score (nSPS) is 36.1. The second kappa shape index (κ2) is 3.87. The fraction of sp³-hybridized carbons (Fsp3) is 0.500. The predicted molar refractivity (Wildman–Crippen MR) is 64.7 cm³/mol. The van der Waals surface area contributed by atoms with Gasteiger partial charge in [0.05, 0.1) is 30.6 Å². The number of nitrogens with zero attached hydrogens (tertiary/aromatic N) is 2. The number of imide groups is 1. The van der Waals surface area contributed by atoms with Crippen LogP contribution in [0.4, 0.5) is 0 Å². The molecule has 0 radical (unpaired) electrons. The van der Waals surface area contributed by atoms with Crippen LogP contribution in [0.3, 0.4) is 0 Å². The van der Waals surface area contributed by atoms with E-state index in [1.807, 2.05) is 12.1 Å². The van der Waals surface area contributed by atoms with Crippen LogP contribution in [0.5, 0.6) is 0 Å². The van der Waals surface area contributed by atoms with Gasteiger partial charge in [-0.3, -0.25) is 19.5 Å². The van der Waals surface area contributed by atoms with Crippen molar-refractivity contribution in [3.8, 4) is 0 Å². The number of ether oxygens (including phenoxy) is 1. The highest BCUT2D eigenvalue weighted by atomic mass is 16.5. The zero-order valence-electron chi connectivity index (χ0n) is 10.4. The van der Waals surface area contributed by atoms with E-state index >= 15 is 0 Å². The van der Waals surface area contributed by atoms with Gasteiger partial charge >= 0.3 is 0 Å². The molecule has 0 N–H and O–H groups in total. The van der Waals surface area contributed by atoms with Crippen LogP contribution in [-0.4, -0.2) is 33.9 Å². The van der Waals surface area contributed by atoms with Crippen LogP contribution >= 0.6 is 0 Å². The number of hydrogen-bond donors (Lipinski definition) is 0. The third-order valence-electron chi connectivity index (χ3n) is 4.47. The van der Waals surface area contributed by atoms with Gasteiger partial charge < -0.3 is 4.74 Å². The molecule has 0 unspecified atom stereocenters. The fourth-order valence-corrected chi connectivity index (χ4v) is 3.60. The lowest BCUT2D eigenvalue weighted by Gasteiger charge is -2.17. The number of carbonyl (C=O) groups is 2. The lowest BCUT2D eigenvalue weighted by atomic mass is 9.81. The van der Waals surface area contributed by atoms with Gasteiger partial charge in [-0.05, 0) is 30.5 Å². The van der Waals surface area contributed by atoms with Crippen LogP contribution in [0.2, 0.25) is 0 Å². The Bertz CT molecular complexity index is 517. The summed E-state index contributed by atoms with van der Waals surface area (Å²) in [4.78, 5) is 30.1. The highest BCUT2D eigenvalue weighted by Crippen LogP contribution is 2.48. The molecule has 19 heavy (non-hydrogen) atoms. The second-order valence-electron chi connectivity index (χ2n) is 5.46. The van der Waals surface area contributed by atoms with E-state index in [-0.39, 0.29) is 35.9 Å². The van der Waals surface area contributed by atoms with Crippen LogP contribution in [0.15, 0.2) is 24.5 Å². The van der Waals surface area contributed by atoms with E-state index in [9.17, 15) is 9.59 Å². The van der Waals surface area contributed by atoms with Gasteiger partial charge in [0.15, 0.2) is 0 Å². The molecule has 5 nitrogen and oxygen atoms in total. The lowest BCUT2D eigenvalue weighted by molar-refractivity contribution is -0.143. The van der Waals surface area contributed by atoms with Crippen molar-refractivity contribution in [1.82, 2.24) is 9.88 Å². The Labute approximate surface area is 110 Å². The molecule has 3 aliphatic heterocycles. The summed E-state index contributed by atoms with van der Waals surface area (Å²) < 4.78 is 5.70. The standard InChI is InChI=1S/C14H14N2O3/c17-13-11-9-1-2-10(19-9)12(11)14(18)16(13)7-8-3-5-15-6-4-8/h3-6,9-12H,1-2,7H2/t9-,10+,11-,12-/m0/s1. The number of hydrogen-bond acceptors (Lipinski definition) is 4. The van der Waals surface area contributed by atoms with E-state index in [4.69, 9.17) is 4.74 Å². The van der Waals surface area contributed by atoms with Crippen LogP contribution in [-0.2, 0) is 20.9 Å². The first-order valence-electron chi connectivity index (χ1n) is 6.65. The maximum absolute atomic E-state index is 12.4. The Balaban J connectivity index is 1.61. The third-order valence-corrected chi connectivity index (χ3v) is 4.47. The molecule has 1 aromatic heterocycles. The van der Waals surface area contributed by atoms with E-state index < -0.39 is 0 Å². The molecule has 4 rings (SSSR count). The molecular weight excluding hydrogens is 244 g/mol. The van der Waals surface area contributed by atoms with Gasteiger partial charge in [0.1, 0.15) is 0 Å². The summed E-state index contributed by atoms with van der Waals surface area (Å²) in [5.74, 6) is -0.570. The van der Waals surface area contributed by atoms with Gasteiger partial charge in [0.25, 0.3) is 0 Å². The van der Waals surface area contributed by atoms with Gasteiger partial charge in [0, 0.05) is 12.4 Å². The molecule has 98 valence electrons. The van der Waals surface area contributed by atoms with Crippen molar-refractivity contribution >= 4 is 11.8 Å². The minimum absolute atomic E-state index is 0.0334. The van der Waals surface area contributed by atoms with Gasteiger partial charge in [-0.2, -0.15) is 0 Å². The molecule has 0 aliphatic carbocycles. The largest absolute Gasteiger partial charge is 0.373 e. The Hall–Kier alpha value is -1.75. The van der Waals surface area contributed by atoms with Crippen molar-refractivity contribution in [2.45, 2.75) is 31.6 Å². The van der Waals surface area contributed by atoms with E-state index in [1.54, 1.807) is 12.4 Å². The van der Waals surface area contributed by atoms with E-state index in [2.05, 4.69) is 4.98 Å². The fourth-order valence-electron chi connectivity index (χ4n) is 3.60. The third kappa shape index (κ3) is 1.48. The van der Waals surface area contributed by atoms with Gasteiger partial charge in [-0.15, -0.1) is 0 Å². The predicted octanol–water partition coefficient (Wildman–Crippen LogP) is 0.744. The Kier molecular flexibility index (Phi) is 2.26. The number of pyridine rings is 1. The van der Waals surface area contributed by atoms with Gasteiger partial charge in [0.2, 0.25) is 11.8 Å². The zero-order chi connectivity index (χ0) is 13.0. The quantitative estimate of drug-likeness (QED) is 0.734. The molecule has 3 aliphatic rings. The summed E-state index contributed by atoms with van der Waals surface area (Å²) in [6, 6.07) is 3.67. The first kappa shape index (κ1) is 11.1. The van der Waals surface area contributed by atoms with Crippen LogP contribution in [0.1, 0.15) is 18.4 Å². The monoisotopic (exact) mass is 258 g/mol. The van der Waals surface area contributed by atoms with Crippen LogP contribution in [0.25, 0.3) is 0 Å². The molecule has 2 amide bonds. The van der Waals surface area contributed by atoms with E-state index in [0.717, 1.165) is 18.4 Å². The first-order valence-corrected chi connectivity index (χ1v) is 6.65. The molecular formula is C14H14N2O3. The Morgan fingerprint density at radius 3 is 2.26 bits per heavy atom. The Morgan fingerprint density at radius 2 is 1.68 bits per heavy atom. The topological polar surface area (TPSA) is 59.5 Å². The van der Waals surface area contributed by atoms with Crippen molar-refractivity contribution in [2.75, 3.05) is 0 Å². The second-order valence-corrected chi connectivity index (χ2v) is 5.46. The first-order chi connectivity index (χ1) is 9.25.